The molecule has 10 heteroatoms. The second kappa shape index (κ2) is 5.39. The number of fused-ring (bicyclic) bond motifs is 1. The van der Waals surface area contributed by atoms with Gasteiger partial charge in [-0.1, -0.05) is 0 Å². The fourth-order valence-electron chi connectivity index (χ4n) is 2.60. The van der Waals surface area contributed by atoms with E-state index in [0.29, 0.717) is 11.0 Å². The first-order chi connectivity index (χ1) is 10.5. The average molecular weight is 325 g/mol. The smallest absolute Gasteiger partial charge is 0.251 e. The summed E-state index contributed by atoms with van der Waals surface area (Å²) in [6, 6.07) is 0. The molecule has 0 bridgehead atoms. The topological polar surface area (TPSA) is 161 Å². The van der Waals surface area contributed by atoms with E-state index in [1.54, 1.807) is 0 Å². The second-order valence-electron chi connectivity index (χ2n) is 5.00. The minimum absolute atomic E-state index is 0.106. The highest BCUT2D eigenvalue weighted by Gasteiger charge is 2.43. The fraction of sp³-hybridized carbons (Fsp3) is 0.417. The number of aliphatic hydroxyl groups excluding tert-OH is 3. The fourth-order valence-corrected chi connectivity index (χ4v) is 3.98. The van der Waals surface area contributed by atoms with Crippen molar-refractivity contribution in [3.05, 3.63) is 18.1 Å². The summed E-state index contributed by atoms with van der Waals surface area (Å²) in [6.07, 6.45) is 0.458. The largest absolute Gasteiger partial charge is 0.395 e. The van der Waals surface area contributed by atoms with Crippen LogP contribution >= 0.6 is 11.8 Å². The molecule has 1 unspecified atom stereocenters. The van der Waals surface area contributed by atoms with Gasteiger partial charge in [0, 0.05) is 6.20 Å². The second-order valence-corrected chi connectivity index (χ2v) is 6.36. The number of carbonyl (C=O) groups is 1. The van der Waals surface area contributed by atoms with E-state index in [1.807, 2.05) is 0 Å². The molecule has 0 radical (unpaired) electrons. The molecule has 4 atom stereocenters. The quantitative estimate of drug-likeness (QED) is 0.453. The number of nitrogens with zero attached hydrogens (tertiary/aromatic N) is 3. The van der Waals surface area contributed by atoms with Gasteiger partial charge in [0.1, 0.15) is 29.3 Å². The number of carbonyl (C=O) groups excluding carboxylic acids is 1. The van der Waals surface area contributed by atoms with Gasteiger partial charge in [-0.05, 0) is 0 Å². The Morgan fingerprint density at radius 1 is 1.36 bits per heavy atom. The van der Waals surface area contributed by atoms with Crippen molar-refractivity contribution < 1.29 is 20.1 Å². The van der Waals surface area contributed by atoms with Crippen LogP contribution in [0.5, 0.6) is 0 Å². The van der Waals surface area contributed by atoms with Gasteiger partial charge >= 0.3 is 0 Å². The molecule has 22 heavy (non-hydrogen) atoms. The number of aromatic nitrogens is 3. The summed E-state index contributed by atoms with van der Waals surface area (Å²) in [5, 5.41) is 28.5. The standard InChI is InChI=1S/C12H15N5O4S/c13-9-6-4(10(14)21)1-17(11(6)16-3-15-9)12-8(20)7(19)5(2-18)22-12/h1,3,5,7-8,12,18-20H,2H2,(H2,14,21)(H2,13,15,16)/t5-,7?,8+,12-/m1/s1. The first-order valence-corrected chi connectivity index (χ1v) is 7.43. The van der Waals surface area contributed by atoms with Gasteiger partial charge in [0.15, 0.2) is 0 Å². The third-order valence-electron chi connectivity index (χ3n) is 3.70. The van der Waals surface area contributed by atoms with Crippen LogP contribution in [0.4, 0.5) is 5.82 Å². The Labute approximate surface area is 129 Å². The number of primary amides is 1. The number of hydrogen-bond acceptors (Lipinski definition) is 8. The molecule has 0 aliphatic carbocycles. The van der Waals surface area contributed by atoms with Crippen LogP contribution < -0.4 is 11.5 Å². The first-order valence-electron chi connectivity index (χ1n) is 6.49. The lowest BCUT2D eigenvalue weighted by molar-refractivity contribution is 0.0113. The van der Waals surface area contributed by atoms with Crippen LogP contribution in [0.1, 0.15) is 15.7 Å². The van der Waals surface area contributed by atoms with Crippen molar-refractivity contribution >= 4 is 34.5 Å². The van der Waals surface area contributed by atoms with Gasteiger partial charge in [0.2, 0.25) is 0 Å². The molecule has 0 spiro atoms. The van der Waals surface area contributed by atoms with E-state index in [4.69, 9.17) is 11.5 Å². The molecule has 9 nitrogen and oxygen atoms in total. The van der Waals surface area contributed by atoms with Crippen molar-refractivity contribution in [1.82, 2.24) is 14.5 Å². The van der Waals surface area contributed by atoms with Crippen LogP contribution in [0.15, 0.2) is 12.5 Å². The third kappa shape index (κ3) is 2.11. The molecule has 1 aliphatic rings. The van der Waals surface area contributed by atoms with Crippen LogP contribution in [0, 0.1) is 0 Å². The molecular formula is C12H15N5O4S. The van der Waals surface area contributed by atoms with Gasteiger partial charge < -0.3 is 31.4 Å². The van der Waals surface area contributed by atoms with E-state index in [1.165, 1.54) is 28.9 Å². The van der Waals surface area contributed by atoms with E-state index in [0.717, 1.165) is 0 Å². The van der Waals surface area contributed by atoms with Gasteiger partial charge in [0.05, 0.1) is 28.9 Å². The Morgan fingerprint density at radius 2 is 2.09 bits per heavy atom. The highest BCUT2D eigenvalue weighted by molar-refractivity contribution is 8.00. The number of hydrogen-bond donors (Lipinski definition) is 5. The number of aliphatic hydroxyl groups is 3. The average Bonchev–Trinajstić information content (AvgIpc) is 3.00. The predicted octanol–water partition coefficient (Wildman–Crippen LogP) is -1.56. The summed E-state index contributed by atoms with van der Waals surface area (Å²) in [5.41, 5.74) is 11.6. The summed E-state index contributed by atoms with van der Waals surface area (Å²) in [6.45, 7) is -0.279. The van der Waals surface area contributed by atoms with Crippen molar-refractivity contribution in [1.29, 1.82) is 0 Å². The molecule has 7 N–H and O–H groups in total. The van der Waals surface area contributed by atoms with Crippen LogP contribution in [0.3, 0.4) is 0 Å². The Bertz CT molecular complexity index is 736. The summed E-state index contributed by atoms with van der Waals surface area (Å²) >= 11 is 1.19. The van der Waals surface area contributed by atoms with Crippen molar-refractivity contribution in [3.8, 4) is 0 Å². The molecule has 1 fully saturated rings. The van der Waals surface area contributed by atoms with Crippen molar-refractivity contribution in [3.63, 3.8) is 0 Å². The van der Waals surface area contributed by atoms with Crippen LogP contribution in [0.2, 0.25) is 0 Å². The molecule has 2 aromatic heterocycles. The molecule has 118 valence electrons. The number of thioether (sulfide) groups is 1. The van der Waals surface area contributed by atoms with Crippen molar-refractivity contribution in [2.24, 2.45) is 5.73 Å². The molecule has 3 rings (SSSR count). The molecule has 1 amide bonds. The van der Waals surface area contributed by atoms with Crippen LogP contribution in [-0.2, 0) is 0 Å². The zero-order valence-corrected chi connectivity index (χ0v) is 12.1. The van der Waals surface area contributed by atoms with Gasteiger partial charge in [0.25, 0.3) is 5.91 Å². The van der Waals surface area contributed by atoms with E-state index in [-0.39, 0.29) is 18.0 Å². The molecule has 1 aliphatic heterocycles. The third-order valence-corrected chi connectivity index (χ3v) is 5.26. The van der Waals surface area contributed by atoms with Crippen LogP contribution in [-0.4, -0.2) is 59.8 Å². The maximum Gasteiger partial charge on any atom is 0.251 e. The van der Waals surface area contributed by atoms with Crippen molar-refractivity contribution in [2.75, 3.05) is 12.3 Å². The summed E-state index contributed by atoms with van der Waals surface area (Å²) < 4.78 is 1.53. The number of nitrogen functional groups attached to an aromatic ring is 1. The maximum absolute atomic E-state index is 11.6. The maximum atomic E-state index is 11.6. The first kappa shape index (κ1) is 15.0. The molecule has 2 aromatic rings. The highest BCUT2D eigenvalue weighted by atomic mass is 32.2. The SMILES string of the molecule is NC(=O)c1cn([C@@H]2S[C@H](CO)C(O)[C@@H]2O)c2ncnc(N)c12. The summed E-state index contributed by atoms with van der Waals surface area (Å²) in [5.74, 6) is -0.587. The minimum atomic E-state index is -1.13. The lowest BCUT2D eigenvalue weighted by Crippen LogP contribution is -2.32. The highest BCUT2D eigenvalue weighted by Crippen LogP contribution is 2.43. The zero-order chi connectivity index (χ0) is 16.0. The lowest BCUT2D eigenvalue weighted by Gasteiger charge is -2.17. The van der Waals surface area contributed by atoms with Crippen molar-refractivity contribution in [2.45, 2.75) is 22.8 Å². The molecule has 3 heterocycles. The van der Waals surface area contributed by atoms with Gasteiger partial charge in [-0.2, -0.15) is 0 Å². The Kier molecular flexibility index (Phi) is 3.68. The number of nitrogens with two attached hydrogens (primary N) is 2. The minimum Gasteiger partial charge on any atom is -0.395 e. The molecule has 0 aromatic carbocycles. The lowest BCUT2D eigenvalue weighted by atomic mass is 10.1. The summed E-state index contributed by atoms with van der Waals surface area (Å²) in [4.78, 5) is 19.5. The van der Waals surface area contributed by atoms with Gasteiger partial charge in [-0.15, -0.1) is 11.8 Å². The molecule has 0 saturated carbocycles. The number of amides is 1. The predicted molar refractivity (Wildman–Crippen MR) is 80.0 cm³/mol. The number of rotatable bonds is 3. The number of anilines is 1. The van der Waals surface area contributed by atoms with Crippen LogP contribution in [0.25, 0.3) is 11.0 Å². The summed E-state index contributed by atoms with van der Waals surface area (Å²) in [7, 11) is 0. The Hall–Kier alpha value is -1.88. The van der Waals surface area contributed by atoms with E-state index in [2.05, 4.69) is 9.97 Å². The van der Waals surface area contributed by atoms with E-state index >= 15 is 0 Å². The Balaban J connectivity index is 2.16. The normalized spacial score (nSPS) is 28.3. The monoisotopic (exact) mass is 325 g/mol. The van der Waals surface area contributed by atoms with E-state index in [9.17, 15) is 20.1 Å². The van der Waals surface area contributed by atoms with Gasteiger partial charge in [-0.3, -0.25) is 4.79 Å². The van der Waals surface area contributed by atoms with Gasteiger partial charge in [-0.25, -0.2) is 9.97 Å². The Morgan fingerprint density at radius 3 is 2.68 bits per heavy atom. The molecular weight excluding hydrogens is 310 g/mol. The van der Waals surface area contributed by atoms with E-state index < -0.39 is 28.7 Å². The molecule has 1 saturated heterocycles. The zero-order valence-electron chi connectivity index (χ0n) is 11.3.